The van der Waals surface area contributed by atoms with Crippen LogP contribution in [0.25, 0.3) is 0 Å². The van der Waals surface area contributed by atoms with Gasteiger partial charge in [-0.3, -0.25) is 0 Å². The van der Waals surface area contributed by atoms with Gasteiger partial charge in [-0.2, -0.15) is 0 Å². The van der Waals surface area contributed by atoms with Gasteiger partial charge in [0, 0.05) is 6.42 Å². The van der Waals surface area contributed by atoms with Crippen LogP contribution in [-0.2, 0) is 27.3 Å². The monoisotopic (exact) mass is 296 g/mol. The molecular weight excluding hydrogens is 280 g/mol. The van der Waals surface area contributed by atoms with E-state index in [4.69, 9.17) is 9.47 Å². The Morgan fingerprint density at radius 3 is 2.18 bits per heavy atom. The molecule has 0 amide bonds. The number of rotatable bonds is 5. The summed E-state index contributed by atoms with van der Waals surface area (Å²) in [7, 11) is 0. The van der Waals surface area contributed by atoms with Gasteiger partial charge in [-0.1, -0.05) is 60.7 Å². The van der Waals surface area contributed by atoms with Gasteiger partial charge in [0.25, 0.3) is 0 Å². The normalized spacial score (nSPS) is 17.5. The molecule has 3 rings (SSSR count). The van der Waals surface area contributed by atoms with Crippen molar-refractivity contribution in [1.29, 1.82) is 0 Å². The van der Waals surface area contributed by atoms with E-state index in [0.29, 0.717) is 6.42 Å². The fraction of sp³-hybridized carbons (Fsp3) is 0.167. The Bertz CT molecular complexity index is 677. The molecule has 0 saturated heterocycles. The lowest BCUT2D eigenvalue weighted by Crippen LogP contribution is -2.14. The molecule has 0 unspecified atom stereocenters. The van der Waals surface area contributed by atoms with Crippen LogP contribution < -0.4 is 0 Å². The number of hydrogen-bond acceptors (Lipinski definition) is 4. The average molecular weight is 296 g/mol. The minimum absolute atomic E-state index is 0.0928. The summed E-state index contributed by atoms with van der Waals surface area (Å²) in [5.74, 6) is -0.844. The maximum Gasteiger partial charge on any atom is 0.378 e. The van der Waals surface area contributed by atoms with Crippen molar-refractivity contribution in [2.24, 2.45) is 0 Å². The summed E-state index contributed by atoms with van der Waals surface area (Å²) in [6.07, 6.45) is -0.253. The number of carbonyl (C=O) groups is 1. The number of carbonyl (C=O) groups excluding carboxylic acids is 1. The van der Waals surface area contributed by atoms with Gasteiger partial charge in [0.15, 0.2) is 11.9 Å². The smallest absolute Gasteiger partial charge is 0.378 e. The van der Waals surface area contributed by atoms with E-state index in [1.54, 1.807) is 0 Å². The van der Waals surface area contributed by atoms with E-state index in [2.05, 4.69) is 0 Å². The van der Waals surface area contributed by atoms with Gasteiger partial charge >= 0.3 is 5.97 Å². The van der Waals surface area contributed by atoms with Crippen molar-refractivity contribution in [2.45, 2.75) is 19.1 Å². The van der Waals surface area contributed by atoms with E-state index in [1.165, 1.54) is 0 Å². The van der Waals surface area contributed by atoms with Crippen LogP contribution in [0.2, 0.25) is 0 Å². The fourth-order valence-corrected chi connectivity index (χ4v) is 2.32. The molecule has 0 radical (unpaired) electrons. The van der Waals surface area contributed by atoms with E-state index >= 15 is 0 Å². The van der Waals surface area contributed by atoms with Crippen LogP contribution in [0.3, 0.4) is 0 Å². The summed E-state index contributed by atoms with van der Waals surface area (Å²) in [5.41, 5.74) is 1.90. The molecule has 0 aromatic heterocycles. The van der Waals surface area contributed by atoms with E-state index in [0.717, 1.165) is 11.1 Å². The van der Waals surface area contributed by atoms with Crippen LogP contribution >= 0.6 is 0 Å². The maximum atomic E-state index is 11.8. The van der Waals surface area contributed by atoms with Gasteiger partial charge in [0.2, 0.25) is 5.76 Å². The fourth-order valence-electron chi connectivity index (χ4n) is 2.32. The molecule has 0 saturated carbocycles. The van der Waals surface area contributed by atoms with Crippen LogP contribution in [0.15, 0.2) is 72.2 Å². The van der Waals surface area contributed by atoms with Gasteiger partial charge in [0.05, 0.1) is 0 Å². The van der Waals surface area contributed by atoms with E-state index in [-0.39, 0.29) is 18.1 Å². The molecule has 1 aliphatic rings. The van der Waals surface area contributed by atoms with Crippen LogP contribution in [0.1, 0.15) is 11.1 Å². The molecular formula is C18H16O4. The number of ether oxygens (including phenoxy) is 2. The number of cyclic esters (lactones) is 1. The molecule has 112 valence electrons. The zero-order valence-electron chi connectivity index (χ0n) is 11.9. The highest BCUT2D eigenvalue weighted by atomic mass is 16.6. The second-order valence-electron chi connectivity index (χ2n) is 5.07. The van der Waals surface area contributed by atoms with Gasteiger partial charge in [-0.25, -0.2) is 4.79 Å². The summed E-state index contributed by atoms with van der Waals surface area (Å²) in [6, 6.07) is 19.0. The Balaban J connectivity index is 1.68. The molecule has 0 spiro atoms. The Kier molecular flexibility index (Phi) is 4.10. The summed E-state index contributed by atoms with van der Waals surface area (Å²) < 4.78 is 10.6. The van der Waals surface area contributed by atoms with Crippen LogP contribution in [-0.4, -0.2) is 17.2 Å². The first kappa shape index (κ1) is 14.2. The van der Waals surface area contributed by atoms with Gasteiger partial charge in [-0.15, -0.1) is 0 Å². The summed E-state index contributed by atoms with van der Waals surface area (Å²) in [4.78, 5) is 11.8. The number of aliphatic hydroxyl groups excluding tert-OH is 1. The summed E-state index contributed by atoms with van der Waals surface area (Å²) in [5, 5.41) is 10.2. The van der Waals surface area contributed by atoms with E-state index < -0.39 is 12.1 Å². The van der Waals surface area contributed by atoms with Crippen molar-refractivity contribution in [3.05, 3.63) is 83.3 Å². The highest BCUT2D eigenvalue weighted by molar-refractivity contribution is 5.89. The number of esters is 1. The molecule has 4 heteroatoms. The molecule has 2 aromatic carbocycles. The quantitative estimate of drug-likeness (QED) is 0.861. The Morgan fingerprint density at radius 2 is 1.55 bits per heavy atom. The first-order valence-corrected chi connectivity index (χ1v) is 7.09. The predicted molar refractivity (Wildman–Crippen MR) is 80.9 cm³/mol. The average Bonchev–Trinajstić information content (AvgIpc) is 2.81. The van der Waals surface area contributed by atoms with Crippen molar-refractivity contribution in [3.8, 4) is 0 Å². The minimum atomic E-state index is -0.680. The largest absolute Gasteiger partial charge is 0.505 e. The van der Waals surface area contributed by atoms with E-state index in [1.807, 2.05) is 60.7 Å². The third-order valence-electron chi connectivity index (χ3n) is 3.46. The van der Waals surface area contributed by atoms with Crippen molar-refractivity contribution < 1.29 is 19.4 Å². The maximum absolute atomic E-state index is 11.8. The SMILES string of the molecule is O=C1O[C@@H](Cc2ccccc2)C(O)=C1OCc1ccccc1. The molecule has 1 heterocycles. The number of benzene rings is 2. The molecule has 1 atom stereocenters. The third-order valence-corrected chi connectivity index (χ3v) is 3.46. The molecule has 0 aliphatic carbocycles. The minimum Gasteiger partial charge on any atom is -0.505 e. The van der Waals surface area contributed by atoms with Gasteiger partial charge < -0.3 is 14.6 Å². The zero-order chi connectivity index (χ0) is 15.4. The van der Waals surface area contributed by atoms with Gasteiger partial charge in [0.1, 0.15) is 6.61 Å². The highest BCUT2D eigenvalue weighted by Crippen LogP contribution is 2.25. The first-order chi connectivity index (χ1) is 10.7. The van der Waals surface area contributed by atoms with Crippen LogP contribution in [0.4, 0.5) is 0 Å². The van der Waals surface area contributed by atoms with Crippen molar-refractivity contribution in [1.82, 2.24) is 0 Å². The van der Waals surface area contributed by atoms with Crippen molar-refractivity contribution >= 4 is 5.97 Å². The molecule has 4 nitrogen and oxygen atoms in total. The number of hydrogen-bond donors (Lipinski definition) is 1. The predicted octanol–water partition coefficient (Wildman–Crippen LogP) is 3.14. The van der Waals surface area contributed by atoms with Gasteiger partial charge in [-0.05, 0) is 11.1 Å². The summed E-state index contributed by atoms with van der Waals surface area (Å²) in [6.45, 7) is 0.216. The number of aliphatic hydroxyl groups is 1. The van der Waals surface area contributed by atoms with Crippen LogP contribution in [0, 0.1) is 0 Å². The second kappa shape index (κ2) is 6.35. The first-order valence-electron chi connectivity index (χ1n) is 7.09. The highest BCUT2D eigenvalue weighted by Gasteiger charge is 2.36. The topological polar surface area (TPSA) is 55.8 Å². The summed E-state index contributed by atoms with van der Waals surface area (Å²) >= 11 is 0. The molecule has 1 N–H and O–H groups in total. The lowest BCUT2D eigenvalue weighted by atomic mass is 10.1. The Hall–Kier alpha value is -2.75. The second-order valence-corrected chi connectivity index (χ2v) is 5.07. The zero-order valence-corrected chi connectivity index (χ0v) is 11.9. The van der Waals surface area contributed by atoms with Crippen molar-refractivity contribution in [3.63, 3.8) is 0 Å². The van der Waals surface area contributed by atoms with Crippen molar-refractivity contribution in [2.75, 3.05) is 0 Å². The lowest BCUT2D eigenvalue weighted by Gasteiger charge is -2.09. The standard InChI is InChI=1S/C18H16O4/c19-16-15(11-13-7-3-1-4-8-13)22-18(20)17(16)21-12-14-9-5-2-6-10-14/h1-10,15,19H,11-12H2/t15-/m0/s1. The third kappa shape index (κ3) is 3.11. The lowest BCUT2D eigenvalue weighted by molar-refractivity contribution is -0.143. The molecule has 0 bridgehead atoms. The van der Waals surface area contributed by atoms with Crippen LogP contribution in [0.5, 0.6) is 0 Å². The molecule has 1 aliphatic heterocycles. The van der Waals surface area contributed by atoms with E-state index in [9.17, 15) is 9.90 Å². The molecule has 0 fully saturated rings. The molecule has 2 aromatic rings. The molecule has 22 heavy (non-hydrogen) atoms. The Morgan fingerprint density at radius 1 is 0.955 bits per heavy atom. The Labute approximate surface area is 128 Å².